The molecule has 0 spiro atoms. The van der Waals surface area contributed by atoms with Crippen molar-refractivity contribution in [3.05, 3.63) is 23.3 Å². The van der Waals surface area contributed by atoms with E-state index < -0.39 is 0 Å². The van der Waals surface area contributed by atoms with Crippen LogP contribution in [0.2, 0.25) is 0 Å². The summed E-state index contributed by atoms with van der Waals surface area (Å²) in [5.41, 5.74) is 0.969. The summed E-state index contributed by atoms with van der Waals surface area (Å²) in [6, 6.07) is 5.26. The van der Waals surface area contributed by atoms with Crippen molar-refractivity contribution < 1.29 is 0 Å². The van der Waals surface area contributed by atoms with E-state index in [9.17, 15) is 0 Å². The first kappa shape index (κ1) is 8.16. The van der Waals surface area contributed by atoms with Crippen molar-refractivity contribution in [2.75, 3.05) is 0 Å². The van der Waals surface area contributed by atoms with E-state index >= 15 is 0 Å². The molecule has 0 unspecified atom stereocenters. The summed E-state index contributed by atoms with van der Waals surface area (Å²) in [5, 5.41) is 17.0. The molecule has 0 radical (unpaired) electrons. The summed E-state index contributed by atoms with van der Waals surface area (Å²) < 4.78 is 0. The Labute approximate surface area is 70.1 Å². The van der Waals surface area contributed by atoms with Crippen molar-refractivity contribution in [3.8, 4) is 12.1 Å². The number of hydrogen-bond donors (Lipinski definition) is 0. The quantitative estimate of drug-likeness (QED) is 0.605. The molecule has 0 bridgehead atoms. The monoisotopic (exact) mass is 158 g/mol. The van der Waals surface area contributed by atoms with Crippen LogP contribution in [0.25, 0.3) is 0 Å². The second-order valence-electron chi connectivity index (χ2n) is 2.15. The van der Waals surface area contributed by atoms with Crippen LogP contribution >= 0.6 is 0 Å². The number of nitrogens with zero attached hydrogens (tertiary/aromatic N) is 4. The van der Waals surface area contributed by atoms with Gasteiger partial charge >= 0.3 is 0 Å². The van der Waals surface area contributed by atoms with Gasteiger partial charge in [0, 0.05) is 5.69 Å². The van der Waals surface area contributed by atoms with Gasteiger partial charge in [0.1, 0.15) is 17.8 Å². The van der Waals surface area contributed by atoms with Gasteiger partial charge in [-0.05, 0) is 12.5 Å². The summed E-state index contributed by atoms with van der Waals surface area (Å²) in [7, 11) is 0. The first-order valence-electron chi connectivity index (χ1n) is 3.48. The van der Waals surface area contributed by atoms with Crippen LogP contribution in [-0.2, 0) is 6.42 Å². The Morgan fingerprint density at radius 3 is 2.58 bits per heavy atom. The molecule has 1 rings (SSSR count). The highest BCUT2D eigenvalue weighted by molar-refractivity contribution is 5.26. The zero-order valence-electron chi connectivity index (χ0n) is 6.57. The summed E-state index contributed by atoms with van der Waals surface area (Å²) in [6.45, 7) is 1.91. The number of nitriles is 2. The third-order valence-electron chi connectivity index (χ3n) is 1.36. The summed E-state index contributed by atoms with van der Waals surface area (Å²) in [5.74, 6) is 0.0610. The van der Waals surface area contributed by atoms with Gasteiger partial charge in [0.15, 0.2) is 0 Å². The van der Waals surface area contributed by atoms with Gasteiger partial charge in [0.25, 0.3) is 0 Å². The van der Waals surface area contributed by atoms with Gasteiger partial charge in [0.05, 0.1) is 0 Å². The first-order valence-corrected chi connectivity index (χ1v) is 3.48. The molecular formula is C8H6N4. The molecule has 0 atom stereocenters. The predicted molar refractivity (Wildman–Crippen MR) is 40.8 cm³/mol. The topological polar surface area (TPSA) is 73.4 Å². The smallest absolute Gasteiger partial charge is 0.224 e. The maximum absolute atomic E-state index is 8.53. The molecule has 0 aliphatic carbocycles. The van der Waals surface area contributed by atoms with Crippen molar-refractivity contribution in [1.82, 2.24) is 9.97 Å². The molecule has 1 heterocycles. The second-order valence-corrected chi connectivity index (χ2v) is 2.15. The molecule has 58 valence electrons. The van der Waals surface area contributed by atoms with E-state index in [4.69, 9.17) is 10.5 Å². The molecule has 0 amide bonds. The minimum atomic E-state index is 0.0610. The normalized spacial score (nSPS) is 8.58. The van der Waals surface area contributed by atoms with Gasteiger partial charge < -0.3 is 0 Å². The average Bonchev–Trinajstić information content (AvgIpc) is 2.16. The fourth-order valence-corrected chi connectivity index (χ4v) is 0.786. The third kappa shape index (κ3) is 1.56. The first-order chi connectivity index (χ1) is 5.80. The van der Waals surface area contributed by atoms with Crippen LogP contribution in [0.1, 0.15) is 24.1 Å². The fraction of sp³-hybridized carbons (Fsp3) is 0.250. The fourth-order valence-electron chi connectivity index (χ4n) is 0.786. The number of aromatic nitrogens is 2. The van der Waals surface area contributed by atoms with Crippen molar-refractivity contribution in [2.45, 2.75) is 13.3 Å². The molecule has 1 aromatic rings. The van der Waals surface area contributed by atoms with E-state index in [2.05, 4.69) is 9.97 Å². The minimum absolute atomic E-state index is 0.0610. The molecule has 0 aliphatic heterocycles. The Kier molecular flexibility index (Phi) is 2.35. The van der Waals surface area contributed by atoms with Crippen LogP contribution in [0.15, 0.2) is 6.07 Å². The minimum Gasteiger partial charge on any atom is -0.224 e. The molecular weight excluding hydrogens is 152 g/mol. The lowest BCUT2D eigenvalue weighted by atomic mass is 10.3. The Morgan fingerprint density at radius 2 is 2.08 bits per heavy atom. The Morgan fingerprint density at radius 1 is 1.33 bits per heavy atom. The highest BCUT2D eigenvalue weighted by atomic mass is 14.9. The van der Waals surface area contributed by atoms with E-state index in [1.165, 1.54) is 0 Å². The molecule has 0 saturated heterocycles. The zero-order valence-corrected chi connectivity index (χ0v) is 6.57. The Bertz CT molecular complexity index is 337. The number of aryl methyl sites for hydroxylation is 1. The van der Waals surface area contributed by atoms with Crippen LogP contribution in [0.3, 0.4) is 0 Å². The molecule has 0 aliphatic rings. The number of rotatable bonds is 1. The van der Waals surface area contributed by atoms with Gasteiger partial charge in [-0.3, -0.25) is 0 Å². The van der Waals surface area contributed by atoms with Crippen molar-refractivity contribution in [1.29, 1.82) is 10.5 Å². The highest BCUT2D eigenvalue weighted by Crippen LogP contribution is 2.00. The Hall–Kier alpha value is -1.94. The molecule has 0 aromatic carbocycles. The molecule has 0 fully saturated rings. The van der Waals surface area contributed by atoms with Crippen LogP contribution in [-0.4, -0.2) is 9.97 Å². The molecule has 0 N–H and O–H groups in total. The van der Waals surface area contributed by atoms with Crippen LogP contribution in [0.4, 0.5) is 0 Å². The molecule has 4 nitrogen and oxygen atoms in total. The van der Waals surface area contributed by atoms with Gasteiger partial charge in [0.2, 0.25) is 5.82 Å². The van der Waals surface area contributed by atoms with E-state index in [0.717, 1.165) is 5.69 Å². The molecule has 12 heavy (non-hydrogen) atoms. The molecule has 1 aromatic heterocycles. The standard InChI is InChI=1S/C8H6N4/c1-2-6-3-7(4-9)12-8(5-10)11-6/h3H,2H2,1H3. The van der Waals surface area contributed by atoms with Crippen molar-refractivity contribution in [2.24, 2.45) is 0 Å². The van der Waals surface area contributed by atoms with E-state index in [-0.39, 0.29) is 11.5 Å². The lowest BCUT2D eigenvalue weighted by Crippen LogP contribution is -1.97. The third-order valence-corrected chi connectivity index (χ3v) is 1.36. The lowest BCUT2D eigenvalue weighted by Gasteiger charge is -1.95. The molecule has 0 saturated carbocycles. The van der Waals surface area contributed by atoms with Crippen molar-refractivity contribution >= 4 is 0 Å². The van der Waals surface area contributed by atoms with Gasteiger partial charge in [-0.1, -0.05) is 6.92 Å². The van der Waals surface area contributed by atoms with E-state index in [0.29, 0.717) is 6.42 Å². The maximum Gasteiger partial charge on any atom is 0.233 e. The SMILES string of the molecule is CCc1cc(C#N)nc(C#N)n1. The van der Waals surface area contributed by atoms with Gasteiger partial charge in [-0.25, -0.2) is 9.97 Å². The van der Waals surface area contributed by atoms with Gasteiger partial charge in [-0.15, -0.1) is 0 Å². The maximum atomic E-state index is 8.53. The van der Waals surface area contributed by atoms with Crippen molar-refractivity contribution in [3.63, 3.8) is 0 Å². The second kappa shape index (κ2) is 3.45. The lowest BCUT2D eigenvalue weighted by molar-refractivity contribution is 0.969. The van der Waals surface area contributed by atoms with Crippen LogP contribution in [0, 0.1) is 22.7 Å². The summed E-state index contributed by atoms with van der Waals surface area (Å²) >= 11 is 0. The molecule has 4 heteroatoms. The zero-order chi connectivity index (χ0) is 8.97. The van der Waals surface area contributed by atoms with Crippen LogP contribution in [0.5, 0.6) is 0 Å². The Balaban J connectivity index is 3.24. The highest BCUT2D eigenvalue weighted by Gasteiger charge is 2.00. The largest absolute Gasteiger partial charge is 0.233 e. The number of hydrogen-bond acceptors (Lipinski definition) is 4. The average molecular weight is 158 g/mol. The van der Waals surface area contributed by atoms with Crippen LogP contribution < -0.4 is 0 Å². The van der Waals surface area contributed by atoms with E-state index in [1.54, 1.807) is 12.1 Å². The summed E-state index contributed by atoms with van der Waals surface area (Å²) in [6.07, 6.45) is 0.700. The van der Waals surface area contributed by atoms with Gasteiger partial charge in [-0.2, -0.15) is 10.5 Å². The summed E-state index contributed by atoms with van der Waals surface area (Å²) in [4.78, 5) is 7.58. The predicted octanol–water partition coefficient (Wildman–Crippen LogP) is 0.782. The van der Waals surface area contributed by atoms with E-state index in [1.807, 2.05) is 13.0 Å².